The van der Waals surface area contributed by atoms with Gasteiger partial charge in [-0.15, -0.1) is 0 Å². The lowest BCUT2D eigenvalue weighted by Gasteiger charge is -2.18. The Hall–Kier alpha value is -9.24. The highest BCUT2D eigenvalue weighted by molar-refractivity contribution is 7.90. The average Bonchev–Trinajstić information content (AvgIpc) is 1.77. The van der Waals surface area contributed by atoms with E-state index in [0.29, 0.717) is 37.6 Å². The summed E-state index contributed by atoms with van der Waals surface area (Å²) in [6.45, 7) is 8.86. The molecule has 1 amide bonds. The molecule has 11 rings (SSSR count). The van der Waals surface area contributed by atoms with Gasteiger partial charge in [-0.1, -0.05) is 45.6 Å². The summed E-state index contributed by atoms with van der Waals surface area (Å²) in [7, 11) is -6.25. The van der Waals surface area contributed by atoms with Gasteiger partial charge in [0.05, 0.1) is 41.5 Å². The number of aromatic nitrogens is 6. The van der Waals surface area contributed by atoms with Crippen LogP contribution in [0.5, 0.6) is 17.2 Å². The minimum atomic E-state index is -5.16. The van der Waals surface area contributed by atoms with E-state index in [1.165, 1.54) is 79.7 Å². The van der Waals surface area contributed by atoms with Gasteiger partial charge in [-0.05, 0) is 142 Å². The zero-order valence-corrected chi connectivity index (χ0v) is 56.5. The monoisotopic (exact) mass is 1430 g/mol. The van der Waals surface area contributed by atoms with Crippen molar-refractivity contribution < 1.29 is 79.8 Å². The number of fused-ring (bicyclic) bond motifs is 2. The van der Waals surface area contributed by atoms with Gasteiger partial charge in [0.2, 0.25) is 40.7 Å². The van der Waals surface area contributed by atoms with E-state index in [0.717, 1.165) is 46.8 Å². The molecule has 0 radical (unpaired) electrons. The summed E-state index contributed by atoms with van der Waals surface area (Å²) in [5.41, 5.74) is 1.91. The lowest BCUT2D eigenvalue weighted by molar-refractivity contribution is 0.0630. The average molecular weight is 1430 g/mol. The number of methoxy groups -OCH3 is 2. The molecular weight excluding hydrogens is 1380 g/mol. The SMILES string of the molecule is CC(C)(C)OC(=O)Nc1ncno1.COc1cc(-c2ccc(Cl)c(C)c2)c(F)cc1-n1c(=O)ccc2cc(S(=O)(=O)Cc3ncno3)ccc21.COc1cc(-c2ccc(Cl)c(C)c2)c(F)cc1-n1c(=O)ccc2cc(S(=O)(=O)Oc3c(F)c(F)c(F)c(F)c3F)ccc21.P.P. The largest absolute Gasteiger partial charge is 0.495 e. The van der Waals surface area contributed by atoms with Crippen molar-refractivity contribution in [3.05, 3.63) is 222 Å². The molecule has 4 heterocycles. The van der Waals surface area contributed by atoms with Crippen LogP contribution >= 0.6 is 43.0 Å². The number of rotatable bonds is 13. The summed E-state index contributed by atoms with van der Waals surface area (Å²) >= 11 is 12.2. The molecule has 0 aliphatic rings. The van der Waals surface area contributed by atoms with Gasteiger partial charge < -0.3 is 27.4 Å². The number of anilines is 1. The fourth-order valence-electron chi connectivity index (χ4n) is 9.06. The number of amides is 1. The summed E-state index contributed by atoms with van der Waals surface area (Å²) in [5.74, 6) is -15.8. The van der Waals surface area contributed by atoms with E-state index in [4.69, 9.17) is 41.9 Å². The standard InChI is InChI=1S/C29H16ClF6NO5S.C26H19ClFN3O5S.C7H11N3O3.2H3P/c1-13-9-14(3-6-18(13)30)17-11-22(41-2)21(12-19(17)31)37-20-7-5-16(10-15(20)4-8-23(37)38)43(39,40)42-29-27(35)25(33)24(32)26(34)28(29)36;1-15-9-16(3-6-20(15)27)19-11-24(35-2)23(12-21(19)28)31-22-7-5-18(10-17(22)4-8-26(31)32)37(33,34)13-25-29-14-30-36-25;1-7(2,3)12-6(11)10-5-8-4-9-13-5;;/h3-12H,1-2H3;3-12,14H,13H2,1-2H3;4H,1-3H3,(H,8,9,10,11);2*1H3. The van der Waals surface area contributed by atoms with E-state index in [9.17, 15) is 53.2 Å². The first-order chi connectivity index (χ1) is 43.9. The Morgan fingerprint density at radius 1 is 0.579 bits per heavy atom. The van der Waals surface area contributed by atoms with Crippen LogP contribution in [0.2, 0.25) is 10.0 Å². The lowest BCUT2D eigenvalue weighted by atomic mass is 10.0. The molecule has 0 fully saturated rings. The lowest BCUT2D eigenvalue weighted by Crippen LogP contribution is -2.27. The molecule has 95 heavy (non-hydrogen) atoms. The number of halogens is 9. The molecule has 0 spiro atoms. The highest BCUT2D eigenvalue weighted by Gasteiger charge is 2.32. The van der Waals surface area contributed by atoms with Crippen molar-refractivity contribution in [1.29, 1.82) is 0 Å². The van der Waals surface area contributed by atoms with Crippen LogP contribution in [0.3, 0.4) is 0 Å². The maximum atomic E-state index is 15.4. The second-order valence-corrected chi connectivity index (χ2v) is 25.1. The molecule has 33 heteroatoms. The number of carbonyl (C=O) groups is 1. The second kappa shape index (κ2) is 29.6. The van der Waals surface area contributed by atoms with Crippen LogP contribution in [0, 0.1) is 54.6 Å². The number of benzene rings is 7. The number of pyridine rings is 2. The fourth-order valence-corrected chi connectivity index (χ4v) is 11.5. The zero-order valence-electron chi connectivity index (χ0n) is 50.5. The molecular formula is C62H52Cl2F7N7O13P2S2. The van der Waals surface area contributed by atoms with E-state index in [1.54, 1.807) is 64.1 Å². The highest BCUT2D eigenvalue weighted by Crippen LogP contribution is 2.38. The smallest absolute Gasteiger partial charge is 0.415 e. The van der Waals surface area contributed by atoms with Gasteiger partial charge in [-0.3, -0.25) is 18.7 Å². The Morgan fingerprint density at radius 3 is 1.46 bits per heavy atom. The van der Waals surface area contributed by atoms with Gasteiger partial charge in [0.25, 0.3) is 11.1 Å². The molecule has 2 atom stereocenters. The number of nitrogens with one attached hydrogen (secondary N) is 1. The van der Waals surface area contributed by atoms with Gasteiger partial charge in [0, 0.05) is 56.2 Å². The van der Waals surface area contributed by atoms with Crippen LogP contribution in [0.4, 0.5) is 41.5 Å². The molecule has 20 nitrogen and oxygen atoms in total. The summed E-state index contributed by atoms with van der Waals surface area (Å²) in [5, 5.41) is 10.6. The van der Waals surface area contributed by atoms with E-state index < -0.39 is 99.9 Å². The minimum absolute atomic E-state index is 0. The van der Waals surface area contributed by atoms with Crippen molar-refractivity contribution in [3.8, 4) is 50.9 Å². The molecule has 498 valence electrons. The van der Waals surface area contributed by atoms with E-state index in [2.05, 4.69) is 34.3 Å². The number of ether oxygens (including phenoxy) is 3. The molecule has 2 unspecified atom stereocenters. The Kier molecular flexibility index (Phi) is 22.8. The first kappa shape index (κ1) is 73.2. The van der Waals surface area contributed by atoms with Gasteiger partial charge in [0.1, 0.15) is 39.4 Å². The Labute approximate surface area is 551 Å². The Morgan fingerprint density at radius 2 is 1.03 bits per heavy atom. The molecule has 11 aromatic rings. The molecule has 1 N–H and O–H groups in total. The van der Waals surface area contributed by atoms with Gasteiger partial charge >= 0.3 is 22.2 Å². The van der Waals surface area contributed by atoms with Gasteiger partial charge in [-0.2, -0.15) is 47.0 Å². The van der Waals surface area contributed by atoms with Crippen molar-refractivity contribution in [2.75, 3.05) is 19.5 Å². The molecule has 0 saturated heterocycles. The van der Waals surface area contributed by atoms with Crippen LogP contribution in [-0.2, 0) is 30.4 Å². The third-order valence-corrected chi connectivity index (χ3v) is 17.1. The fraction of sp³-hybridized carbons (Fsp3) is 0.145. The van der Waals surface area contributed by atoms with Crippen LogP contribution < -0.4 is 30.1 Å². The molecule has 4 aromatic heterocycles. The number of aryl methyl sites for hydroxylation is 2. The first-order valence-corrected chi connectivity index (χ1v) is 30.5. The quantitative estimate of drug-likeness (QED) is 0.0370. The van der Waals surface area contributed by atoms with Crippen molar-refractivity contribution in [1.82, 2.24) is 29.4 Å². The maximum absolute atomic E-state index is 15.4. The highest BCUT2D eigenvalue weighted by atomic mass is 35.5. The van der Waals surface area contributed by atoms with E-state index in [-0.39, 0.29) is 81.5 Å². The predicted octanol–water partition coefficient (Wildman–Crippen LogP) is 13.9. The summed E-state index contributed by atoms with van der Waals surface area (Å²) in [6.07, 6.45) is 1.69. The van der Waals surface area contributed by atoms with Crippen LogP contribution in [0.15, 0.2) is 162 Å². The molecule has 0 saturated carbocycles. The number of hydrogen-bond acceptors (Lipinski definition) is 17. The number of sulfone groups is 1. The molecule has 0 aliphatic heterocycles. The van der Waals surface area contributed by atoms with Crippen LogP contribution in [0.1, 0.15) is 37.8 Å². The molecule has 0 aliphatic carbocycles. The van der Waals surface area contributed by atoms with Gasteiger partial charge in [-0.25, -0.2) is 40.5 Å². The van der Waals surface area contributed by atoms with E-state index in [1.807, 2.05) is 6.92 Å². The summed E-state index contributed by atoms with van der Waals surface area (Å²) in [4.78, 5) is 43.6. The predicted molar refractivity (Wildman–Crippen MR) is 348 cm³/mol. The number of hydrogen-bond donors (Lipinski definition) is 1. The molecule has 0 bridgehead atoms. The van der Waals surface area contributed by atoms with Crippen molar-refractivity contribution in [2.45, 2.75) is 55.8 Å². The van der Waals surface area contributed by atoms with Crippen molar-refractivity contribution in [3.63, 3.8) is 0 Å². The Balaban J connectivity index is 0.000000223. The van der Waals surface area contributed by atoms with Crippen molar-refractivity contribution >= 4 is 96.9 Å². The molecule has 7 aromatic carbocycles. The maximum Gasteiger partial charge on any atom is 0.415 e. The summed E-state index contributed by atoms with van der Waals surface area (Å²) in [6, 6.07) is 27.4. The second-order valence-electron chi connectivity index (χ2n) is 20.8. The zero-order chi connectivity index (χ0) is 67.6. The first-order valence-electron chi connectivity index (χ1n) is 26.7. The minimum Gasteiger partial charge on any atom is -0.495 e. The third-order valence-electron chi connectivity index (χ3n) is 13.4. The van der Waals surface area contributed by atoms with Crippen LogP contribution in [0.25, 0.3) is 55.4 Å². The third kappa shape index (κ3) is 16.1. The summed E-state index contributed by atoms with van der Waals surface area (Å²) < 4.78 is 183. The number of carbonyl (C=O) groups excluding carboxylic acids is 1. The van der Waals surface area contributed by atoms with Gasteiger partial charge in [0.15, 0.2) is 22.5 Å². The normalized spacial score (nSPS) is 11.3. The van der Waals surface area contributed by atoms with Crippen molar-refractivity contribution in [2.24, 2.45) is 0 Å². The van der Waals surface area contributed by atoms with E-state index >= 15 is 8.78 Å². The Bertz CT molecular complexity index is 5080. The van der Waals surface area contributed by atoms with Crippen LogP contribution in [-0.4, -0.2) is 72.2 Å². The number of nitrogens with zero attached hydrogens (tertiary/aromatic N) is 6. The topological polar surface area (TPSA) is 256 Å².